The van der Waals surface area contributed by atoms with Gasteiger partial charge in [0.05, 0.1) is 15.6 Å². The lowest BCUT2D eigenvalue weighted by atomic mass is 9.99. The Kier molecular flexibility index (Phi) is 7.07. The summed E-state index contributed by atoms with van der Waals surface area (Å²) in [5, 5.41) is 10.8. The molecule has 1 aromatic heterocycles. The van der Waals surface area contributed by atoms with E-state index >= 15 is 0 Å². The van der Waals surface area contributed by atoms with Gasteiger partial charge in [-0.2, -0.15) is 4.31 Å². The van der Waals surface area contributed by atoms with E-state index in [9.17, 15) is 13.2 Å². The first kappa shape index (κ1) is 24.1. The fraction of sp³-hybridized carbons (Fsp3) is 0.318. The molecule has 4 rings (SSSR count). The molecule has 33 heavy (non-hydrogen) atoms. The zero-order chi connectivity index (χ0) is 23.8. The van der Waals surface area contributed by atoms with Crippen LogP contribution in [-0.4, -0.2) is 60.9 Å². The molecule has 2 aromatic carbocycles. The third kappa shape index (κ3) is 4.93. The van der Waals surface area contributed by atoms with Crippen LogP contribution in [0.2, 0.25) is 10.0 Å². The van der Waals surface area contributed by atoms with Gasteiger partial charge >= 0.3 is 0 Å². The molecule has 1 fully saturated rings. The van der Waals surface area contributed by atoms with E-state index in [1.165, 1.54) is 26.6 Å². The van der Waals surface area contributed by atoms with Gasteiger partial charge in [0.1, 0.15) is 14.9 Å². The number of halogens is 2. The van der Waals surface area contributed by atoms with Crippen LogP contribution in [0.25, 0.3) is 10.6 Å². The average Bonchev–Trinajstić information content (AvgIpc) is 3.29. The zero-order valence-corrected chi connectivity index (χ0v) is 21.2. The number of hydrogen-bond donors (Lipinski definition) is 0. The summed E-state index contributed by atoms with van der Waals surface area (Å²) < 4.78 is 27.4. The first-order valence-electron chi connectivity index (χ1n) is 10.3. The summed E-state index contributed by atoms with van der Waals surface area (Å²) in [6, 6.07) is 11.7. The highest BCUT2D eigenvalue weighted by atomic mass is 35.5. The van der Waals surface area contributed by atoms with Crippen LogP contribution in [0.5, 0.6) is 0 Å². The molecule has 0 unspecified atom stereocenters. The minimum atomic E-state index is -3.64. The Balaban J connectivity index is 1.46. The topological polar surface area (TPSA) is 83.5 Å². The van der Waals surface area contributed by atoms with Crippen molar-refractivity contribution in [3.05, 3.63) is 63.1 Å². The van der Waals surface area contributed by atoms with E-state index in [1.807, 2.05) is 6.07 Å². The van der Waals surface area contributed by atoms with Crippen LogP contribution in [-0.2, 0) is 10.0 Å². The molecular weight excluding hydrogens is 503 g/mol. The molecule has 1 saturated heterocycles. The summed E-state index contributed by atoms with van der Waals surface area (Å²) in [6.45, 7) is 0.778. The molecule has 0 aliphatic carbocycles. The fourth-order valence-electron chi connectivity index (χ4n) is 3.71. The van der Waals surface area contributed by atoms with E-state index in [2.05, 4.69) is 10.2 Å². The van der Waals surface area contributed by atoms with Crippen molar-refractivity contribution in [1.82, 2.24) is 19.4 Å². The fourth-order valence-corrected chi connectivity index (χ4v) is 6.95. The highest BCUT2D eigenvalue weighted by Crippen LogP contribution is 2.36. The number of piperidine rings is 1. The molecule has 1 aliphatic heterocycles. The van der Waals surface area contributed by atoms with Crippen molar-refractivity contribution in [2.75, 3.05) is 27.2 Å². The lowest BCUT2D eigenvalue weighted by Crippen LogP contribution is -2.38. The highest BCUT2D eigenvalue weighted by molar-refractivity contribution is 7.89. The second-order valence-electron chi connectivity index (χ2n) is 7.95. The number of carbonyl (C=O) groups excluding carboxylic acids is 1. The highest BCUT2D eigenvalue weighted by Gasteiger charge is 2.32. The van der Waals surface area contributed by atoms with Crippen LogP contribution in [0.3, 0.4) is 0 Å². The van der Waals surface area contributed by atoms with Crippen molar-refractivity contribution in [1.29, 1.82) is 0 Å². The molecule has 0 bridgehead atoms. The average molecular weight is 525 g/mol. The molecule has 2 heterocycles. The first-order valence-corrected chi connectivity index (χ1v) is 13.3. The molecular formula is C22H22Cl2N4O3S2. The van der Waals surface area contributed by atoms with Crippen LogP contribution >= 0.6 is 34.5 Å². The summed E-state index contributed by atoms with van der Waals surface area (Å²) >= 11 is 13.9. The summed E-state index contributed by atoms with van der Waals surface area (Å²) in [4.78, 5) is 13.8. The monoisotopic (exact) mass is 524 g/mol. The van der Waals surface area contributed by atoms with E-state index < -0.39 is 10.0 Å². The largest absolute Gasteiger partial charge is 0.345 e. The Morgan fingerprint density at radius 3 is 2.39 bits per heavy atom. The van der Waals surface area contributed by atoms with Crippen molar-refractivity contribution in [3.8, 4) is 10.6 Å². The molecule has 1 amide bonds. The van der Waals surface area contributed by atoms with Gasteiger partial charge in [-0.05, 0) is 37.1 Å². The van der Waals surface area contributed by atoms with Crippen molar-refractivity contribution in [3.63, 3.8) is 0 Å². The van der Waals surface area contributed by atoms with E-state index in [1.54, 1.807) is 44.4 Å². The Bertz CT molecular complexity index is 1290. The summed E-state index contributed by atoms with van der Waals surface area (Å²) in [5.41, 5.74) is 1.22. The maximum Gasteiger partial charge on any atom is 0.254 e. The van der Waals surface area contributed by atoms with Gasteiger partial charge in [0.2, 0.25) is 10.0 Å². The molecule has 3 aromatic rings. The van der Waals surface area contributed by atoms with E-state index in [0.717, 1.165) is 10.6 Å². The molecule has 0 radical (unpaired) electrons. The maximum atomic E-state index is 13.0. The molecule has 1 aliphatic rings. The number of rotatable bonds is 5. The van der Waals surface area contributed by atoms with Crippen LogP contribution in [0.4, 0.5) is 0 Å². The molecule has 0 atom stereocenters. The predicted molar refractivity (Wildman–Crippen MR) is 131 cm³/mol. The summed E-state index contributed by atoms with van der Waals surface area (Å²) in [5.74, 6) is -0.0398. The summed E-state index contributed by atoms with van der Waals surface area (Å²) in [6.07, 6.45) is 1.30. The van der Waals surface area contributed by atoms with Gasteiger partial charge in [-0.3, -0.25) is 4.79 Å². The molecule has 11 heteroatoms. The second-order valence-corrected chi connectivity index (χ2v) is 11.7. The SMILES string of the molecule is CN(C)C(=O)c1ccc(-c2nnc(C3CCN(S(=O)(=O)c4ccccc4Cl)CC3)s2)cc1Cl. The maximum absolute atomic E-state index is 13.0. The van der Waals surface area contributed by atoms with Gasteiger partial charge in [-0.15, -0.1) is 10.2 Å². The number of carbonyl (C=O) groups is 1. The number of aromatic nitrogens is 2. The standard InChI is InChI=1S/C22H22Cl2N4O3S2/c1-27(2)22(29)16-8-7-15(13-18(16)24)21-26-25-20(32-21)14-9-11-28(12-10-14)33(30,31)19-6-4-3-5-17(19)23/h3-8,13-14H,9-12H2,1-2H3. The Labute approximate surface area is 207 Å². The van der Waals surface area contributed by atoms with Crippen LogP contribution in [0.1, 0.15) is 34.1 Å². The molecule has 0 saturated carbocycles. The smallest absolute Gasteiger partial charge is 0.254 e. The van der Waals surface area contributed by atoms with E-state index in [0.29, 0.717) is 41.5 Å². The first-order chi connectivity index (χ1) is 15.7. The van der Waals surface area contributed by atoms with Gasteiger partial charge < -0.3 is 4.90 Å². The van der Waals surface area contributed by atoms with Crippen LogP contribution in [0, 0.1) is 0 Å². The minimum absolute atomic E-state index is 0.124. The van der Waals surface area contributed by atoms with Gasteiger partial charge in [-0.25, -0.2) is 8.42 Å². The van der Waals surface area contributed by atoms with Gasteiger partial charge in [0.15, 0.2) is 0 Å². The van der Waals surface area contributed by atoms with Crippen LogP contribution < -0.4 is 0 Å². The van der Waals surface area contributed by atoms with Crippen molar-refractivity contribution < 1.29 is 13.2 Å². The van der Waals surface area contributed by atoms with Gasteiger partial charge in [0, 0.05) is 38.7 Å². The number of amides is 1. The predicted octanol–water partition coefficient (Wildman–Crippen LogP) is 4.78. The van der Waals surface area contributed by atoms with E-state index in [4.69, 9.17) is 23.2 Å². The minimum Gasteiger partial charge on any atom is -0.345 e. The number of nitrogens with zero attached hydrogens (tertiary/aromatic N) is 4. The Morgan fingerprint density at radius 2 is 1.76 bits per heavy atom. The van der Waals surface area contributed by atoms with Crippen LogP contribution in [0.15, 0.2) is 47.4 Å². The summed E-state index contributed by atoms with van der Waals surface area (Å²) in [7, 11) is -0.285. The third-order valence-corrected chi connectivity index (χ3v) is 9.40. The van der Waals surface area contributed by atoms with Gasteiger partial charge in [-0.1, -0.05) is 52.7 Å². The van der Waals surface area contributed by atoms with Crippen molar-refractivity contribution in [2.45, 2.75) is 23.7 Å². The molecule has 0 N–H and O–H groups in total. The zero-order valence-electron chi connectivity index (χ0n) is 18.0. The third-order valence-electron chi connectivity index (χ3n) is 5.55. The number of benzene rings is 2. The van der Waals surface area contributed by atoms with Gasteiger partial charge in [0.25, 0.3) is 5.91 Å². The number of sulfonamides is 1. The Hall–Kier alpha value is -2.04. The van der Waals surface area contributed by atoms with Crippen molar-refractivity contribution >= 4 is 50.5 Å². The lowest BCUT2D eigenvalue weighted by Gasteiger charge is -2.30. The lowest BCUT2D eigenvalue weighted by molar-refractivity contribution is 0.0828. The molecule has 174 valence electrons. The molecule has 7 nitrogen and oxygen atoms in total. The molecule has 0 spiro atoms. The van der Waals surface area contributed by atoms with Crippen molar-refractivity contribution in [2.24, 2.45) is 0 Å². The Morgan fingerprint density at radius 1 is 1.06 bits per heavy atom. The number of hydrogen-bond acceptors (Lipinski definition) is 6. The quantitative estimate of drug-likeness (QED) is 0.479. The van der Waals surface area contributed by atoms with E-state index in [-0.39, 0.29) is 21.7 Å². The normalized spacial score (nSPS) is 15.5. The second kappa shape index (κ2) is 9.68.